The Kier molecular flexibility index (Phi) is 11.2. The topological polar surface area (TPSA) is 64.3 Å². The molecule has 2 heterocycles. The highest BCUT2D eigenvalue weighted by Crippen LogP contribution is 2.49. The summed E-state index contributed by atoms with van der Waals surface area (Å²) >= 11 is 3.57. The zero-order chi connectivity index (χ0) is 41.9. The predicted molar refractivity (Wildman–Crippen MR) is 249 cm³/mol. The Bertz CT molecular complexity index is 2350. The second-order valence-electron chi connectivity index (χ2n) is 21.4. The van der Waals surface area contributed by atoms with Gasteiger partial charge in [0.15, 0.2) is 0 Å². The number of rotatable bonds is 2. The summed E-state index contributed by atoms with van der Waals surface area (Å²) in [7, 11) is 0. The van der Waals surface area contributed by atoms with Crippen LogP contribution in [-0.4, -0.2) is 0 Å². The Morgan fingerprint density at radius 3 is 1.33 bits per heavy atom. The first-order valence-corrected chi connectivity index (χ1v) is 21.6. The Balaban J connectivity index is 0.000000161. The molecular formula is C52H67BrN2O2. The highest BCUT2D eigenvalue weighted by Gasteiger charge is 2.39. The second kappa shape index (κ2) is 15.0. The standard InChI is InChI=1S/C26H33NO.C16H19BrO.C10H15N/c1-24(2,3)17-8-10-18(11-9-17)27-22-16-28-23-15-21-20(14-19(22)23)25(4,5)12-13-26(21,6)7;1-15(2)5-6-16(3,4)12-8-14-10(7-11(12)15)13(17)9-18-14;1-10(2,3)8-4-6-9(11)7-5-8/h8-11,14-16,27H,12-13H2,1-7H3;7-9H,5-6H2,1-4H3;4-7H,11H2,1-3H3. The van der Waals surface area contributed by atoms with Gasteiger partial charge in [-0.3, -0.25) is 0 Å². The van der Waals surface area contributed by atoms with Crippen LogP contribution in [0.3, 0.4) is 0 Å². The van der Waals surface area contributed by atoms with Gasteiger partial charge < -0.3 is 19.9 Å². The minimum absolute atomic E-state index is 0.165. The normalized spacial score (nSPS) is 17.7. The van der Waals surface area contributed by atoms with Crippen molar-refractivity contribution >= 4 is 54.9 Å². The maximum atomic E-state index is 5.96. The van der Waals surface area contributed by atoms with Crippen LogP contribution in [-0.2, 0) is 32.5 Å². The monoisotopic (exact) mass is 830 g/mol. The lowest BCUT2D eigenvalue weighted by Crippen LogP contribution is -2.33. The first-order chi connectivity index (χ1) is 26.3. The number of benzene rings is 4. The van der Waals surface area contributed by atoms with Crippen molar-refractivity contribution in [1.29, 1.82) is 0 Å². The largest absolute Gasteiger partial charge is 0.463 e. The summed E-state index contributed by atoms with van der Waals surface area (Å²) in [5, 5.41) is 5.93. The van der Waals surface area contributed by atoms with Gasteiger partial charge in [-0.05, 0) is 156 Å². The van der Waals surface area contributed by atoms with Gasteiger partial charge in [-0.1, -0.05) is 121 Å². The third-order valence-corrected chi connectivity index (χ3v) is 13.5. The molecule has 2 aliphatic rings. The van der Waals surface area contributed by atoms with Gasteiger partial charge in [0.05, 0.1) is 10.2 Å². The van der Waals surface area contributed by atoms with E-state index in [-0.39, 0.29) is 32.5 Å². The van der Waals surface area contributed by atoms with E-state index in [1.165, 1.54) is 69.8 Å². The summed E-state index contributed by atoms with van der Waals surface area (Å²) in [6.45, 7) is 32.1. The van der Waals surface area contributed by atoms with Gasteiger partial charge >= 0.3 is 0 Å². The molecule has 304 valence electrons. The van der Waals surface area contributed by atoms with E-state index in [1.807, 2.05) is 18.4 Å². The van der Waals surface area contributed by atoms with Crippen LogP contribution in [0.5, 0.6) is 0 Å². The molecule has 0 fully saturated rings. The number of anilines is 3. The van der Waals surface area contributed by atoms with E-state index < -0.39 is 0 Å². The van der Waals surface area contributed by atoms with E-state index in [0.29, 0.717) is 0 Å². The molecule has 4 nitrogen and oxygen atoms in total. The van der Waals surface area contributed by atoms with Crippen LogP contribution in [0, 0.1) is 0 Å². The van der Waals surface area contributed by atoms with Gasteiger partial charge in [0.2, 0.25) is 0 Å². The van der Waals surface area contributed by atoms with Crippen LogP contribution in [0.25, 0.3) is 21.9 Å². The van der Waals surface area contributed by atoms with Gasteiger partial charge in [-0.2, -0.15) is 0 Å². The molecule has 3 N–H and O–H groups in total. The van der Waals surface area contributed by atoms with Crippen molar-refractivity contribution in [2.45, 2.75) is 155 Å². The SMILES string of the molecule is CC(C)(C)c1ccc(N)cc1.CC(C)(C)c1ccc(Nc2coc3cc4c(cc23)C(C)(C)CCC4(C)C)cc1.CC1(C)CCC(C)(C)c2cc3c(Br)coc3cc21. The molecule has 0 aliphatic heterocycles. The lowest BCUT2D eigenvalue weighted by atomic mass is 9.63. The quantitative estimate of drug-likeness (QED) is 0.171. The lowest BCUT2D eigenvalue weighted by molar-refractivity contribution is 0.332. The van der Waals surface area contributed by atoms with E-state index >= 15 is 0 Å². The van der Waals surface area contributed by atoms with Crippen LogP contribution in [0.4, 0.5) is 17.1 Å². The Labute approximate surface area is 351 Å². The number of hydrogen-bond acceptors (Lipinski definition) is 4. The summed E-state index contributed by atoms with van der Waals surface area (Å²) in [6, 6.07) is 26.0. The average Bonchev–Trinajstić information content (AvgIpc) is 3.70. The minimum Gasteiger partial charge on any atom is -0.463 e. The molecular weight excluding hydrogens is 764 g/mol. The van der Waals surface area contributed by atoms with Crippen molar-refractivity contribution in [3.8, 4) is 0 Å². The average molecular weight is 832 g/mol. The third-order valence-electron chi connectivity index (χ3n) is 12.9. The molecule has 2 aromatic heterocycles. The molecule has 4 aromatic carbocycles. The fourth-order valence-electron chi connectivity index (χ4n) is 8.43. The smallest absolute Gasteiger partial charge is 0.136 e. The van der Waals surface area contributed by atoms with Crippen molar-refractivity contribution in [1.82, 2.24) is 0 Å². The molecule has 6 aromatic rings. The fourth-order valence-corrected chi connectivity index (χ4v) is 8.84. The third kappa shape index (κ3) is 9.04. The number of nitrogens with two attached hydrogens (primary N) is 1. The van der Waals surface area contributed by atoms with Gasteiger partial charge in [-0.25, -0.2) is 0 Å². The molecule has 57 heavy (non-hydrogen) atoms. The summed E-state index contributed by atoms with van der Waals surface area (Å²) in [5.74, 6) is 0. The van der Waals surface area contributed by atoms with Crippen LogP contribution in [0.2, 0.25) is 0 Å². The minimum atomic E-state index is 0.165. The Hall–Kier alpha value is -3.96. The number of furan rings is 2. The fraction of sp³-hybridized carbons (Fsp3) is 0.462. The highest BCUT2D eigenvalue weighted by atomic mass is 79.9. The van der Waals surface area contributed by atoms with Crippen molar-refractivity contribution in [2.75, 3.05) is 11.1 Å². The Morgan fingerprint density at radius 1 is 0.526 bits per heavy atom. The highest BCUT2D eigenvalue weighted by molar-refractivity contribution is 9.10. The summed E-state index contributed by atoms with van der Waals surface area (Å²) in [4.78, 5) is 0. The number of nitrogen functional groups attached to an aromatic ring is 1. The van der Waals surface area contributed by atoms with E-state index in [9.17, 15) is 0 Å². The van der Waals surface area contributed by atoms with Crippen LogP contribution in [0.1, 0.15) is 156 Å². The Morgan fingerprint density at radius 2 is 0.895 bits per heavy atom. The molecule has 0 saturated heterocycles. The van der Waals surface area contributed by atoms with E-state index in [4.69, 9.17) is 14.6 Å². The van der Waals surface area contributed by atoms with Gasteiger partial charge in [-0.15, -0.1) is 0 Å². The molecule has 0 bridgehead atoms. The van der Waals surface area contributed by atoms with Gasteiger partial charge in [0, 0.05) is 22.1 Å². The summed E-state index contributed by atoms with van der Waals surface area (Å²) in [5.41, 5.74) is 20.3. The first-order valence-electron chi connectivity index (χ1n) is 20.8. The molecule has 0 amide bonds. The van der Waals surface area contributed by atoms with Crippen molar-refractivity contribution in [3.05, 3.63) is 123 Å². The number of nitrogens with one attached hydrogen (secondary N) is 1. The maximum absolute atomic E-state index is 5.96. The first kappa shape index (κ1) is 42.6. The molecule has 0 atom stereocenters. The van der Waals surface area contributed by atoms with Crippen molar-refractivity contribution < 1.29 is 8.83 Å². The second-order valence-corrected chi connectivity index (χ2v) is 22.2. The summed E-state index contributed by atoms with van der Waals surface area (Å²) < 4.78 is 12.6. The maximum Gasteiger partial charge on any atom is 0.136 e. The molecule has 0 saturated carbocycles. The van der Waals surface area contributed by atoms with Crippen LogP contribution < -0.4 is 11.1 Å². The van der Waals surface area contributed by atoms with E-state index in [2.05, 4.69) is 179 Å². The van der Waals surface area contributed by atoms with E-state index in [0.717, 1.165) is 32.7 Å². The predicted octanol–water partition coefficient (Wildman–Crippen LogP) is 15.9. The summed E-state index contributed by atoms with van der Waals surface area (Å²) in [6.07, 6.45) is 8.55. The zero-order valence-electron chi connectivity index (χ0n) is 37.2. The molecule has 0 radical (unpaired) electrons. The lowest BCUT2D eigenvalue weighted by Gasteiger charge is -2.41. The molecule has 5 heteroatoms. The van der Waals surface area contributed by atoms with Crippen molar-refractivity contribution in [3.63, 3.8) is 0 Å². The number of fused-ring (bicyclic) bond motifs is 4. The molecule has 0 unspecified atom stereocenters. The van der Waals surface area contributed by atoms with E-state index in [1.54, 1.807) is 6.26 Å². The van der Waals surface area contributed by atoms with Crippen molar-refractivity contribution in [2.24, 2.45) is 0 Å². The number of halogens is 1. The van der Waals surface area contributed by atoms with Gasteiger partial charge in [0.25, 0.3) is 0 Å². The van der Waals surface area contributed by atoms with Crippen LogP contribution in [0.15, 0.2) is 98.6 Å². The van der Waals surface area contributed by atoms with Gasteiger partial charge in [0.1, 0.15) is 23.7 Å². The molecule has 0 spiro atoms. The zero-order valence-corrected chi connectivity index (χ0v) is 38.8. The number of hydrogen-bond donors (Lipinski definition) is 2. The molecule has 8 rings (SSSR count). The molecule has 2 aliphatic carbocycles. The van der Waals surface area contributed by atoms with Crippen LogP contribution >= 0.6 is 15.9 Å².